The van der Waals surface area contributed by atoms with Gasteiger partial charge >= 0.3 is 0 Å². The minimum absolute atomic E-state index is 0.0292. The van der Waals surface area contributed by atoms with Crippen molar-refractivity contribution in [3.63, 3.8) is 0 Å². The fraction of sp³-hybridized carbons (Fsp3) is 0.125. The number of benzene rings is 2. The first-order valence-electron chi connectivity index (χ1n) is 6.63. The van der Waals surface area contributed by atoms with Gasteiger partial charge in [0.05, 0.1) is 9.79 Å². The standard InChI is InChI=1S/C16H13NO4S/c1-9-4-3-5-12-14(18)11-7-6-10(16(19)17-2)8-13(11)22(20,21)15(9)12/h3-8H,1-2H3,(H,17,19). The number of amides is 1. The molecule has 2 aromatic carbocycles. The number of ketones is 1. The van der Waals surface area contributed by atoms with Gasteiger partial charge in [-0.05, 0) is 36.8 Å². The van der Waals surface area contributed by atoms with Crippen LogP contribution in [-0.4, -0.2) is 27.2 Å². The number of fused-ring (bicyclic) bond motifs is 2. The number of carbonyl (C=O) groups is 2. The highest BCUT2D eigenvalue weighted by Crippen LogP contribution is 2.36. The Morgan fingerprint density at radius 3 is 2.50 bits per heavy atom. The van der Waals surface area contributed by atoms with E-state index in [4.69, 9.17) is 0 Å². The molecule has 3 rings (SSSR count). The number of nitrogens with one attached hydrogen (secondary N) is 1. The van der Waals surface area contributed by atoms with Crippen LogP contribution < -0.4 is 5.32 Å². The van der Waals surface area contributed by atoms with Crippen molar-refractivity contribution < 1.29 is 18.0 Å². The lowest BCUT2D eigenvalue weighted by Gasteiger charge is -2.20. The zero-order chi connectivity index (χ0) is 16.1. The fourth-order valence-corrected chi connectivity index (χ4v) is 4.56. The first-order valence-corrected chi connectivity index (χ1v) is 8.12. The van der Waals surface area contributed by atoms with Crippen molar-refractivity contribution >= 4 is 21.5 Å². The van der Waals surface area contributed by atoms with E-state index < -0.39 is 15.7 Å². The molecule has 0 aliphatic carbocycles. The highest BCUT2D eigenvalue weighted by molar-refractivity contribution is 7.91. The third kappa shape index (κ3) is 1.88. The van der Waals surface area contributed by atoms with Crippen molar-refractivity contribution in [1.82, 2.24) is 5.32 Å². The monoisotopic (exact) mass is 315 g/mol. The van der Waals surface area contributed by atoms with E-state index in [1.54, 1.807) is 19.1 Å². The van der Waals surface area contributed by atoms with E-state index >= 15 is 0 Å². The summed E-state index contributed by atoms with van der Waals surface area (Å²) < 4.78 is 25.7. The quantitative estimate of drug-likeness (QED) is 0.741. The second-order valence-electron chi connectivity index (χ2n) is 5.07. The van der Waals surface area contributed by atoms with Gasteiger partial charge in [0.2, 0.25) is 9.84 Å². The molecule has 112 valence electrons. The Bertz CT molecular complexity index is 929. The third-order valence-corrected chi connectivity index (χ3v) is 5.73. The minimum Gasteiger partial charge on any atom is -0.355 e. The topological polar surface area (TPSA) is 80.3 Å². The van der Waals surface area contributed by atoms with Crippen LogP contribution in [0.3, 0.4) is 0 Å². The summed E-state index contributed by atoms with van der Waals surface area (Å²) in [6.45, 7) is 1.65. The highest BCUT2D eigenvalue weighted by Gasteiger charge is 2.36. The molecule has 1 heterocycles. The Hall–Kier alpha value is -2.47. The van der Waals surface area contributed by atoms with Gasteiger partial charge in [0.25, 0.3) is 5.91 Å². The number of aryl methyl sites for hydroxylation is 1. The van der Waals surface area contributed by atoms with Gasteiger partial charge in [-0.15, -0.1) is 0 Å². The van der Waals surface area contributed by atoms with Crippen molar-refractivity contribution in [2.45, 2.75) is 16.7 Å². The minimum atomic E-state index is -3.83. The van der Waals surface area contributed by atoms with Crippen LogP contribution in [0.2, 0.25) is 0 Å². The Labute approximate surface area is 127 Å². The molecule has 0 radical (unpaired) electrons. The van der Waals surface area contributed by atoms with Crippen molar-refractivity contribution in [3.8, 4) is 0 Å². The number of rotatable bonds is 1. The van der Waals surface area contributed by atoms with E-state index in [0.29, 0.717) is 5.56 Å². The lowest BCUT2D eigenvalue weighted by atomic mass is 9.99. The van der Waals surface area contributed by atoms with Crippen LogP contribution in [0.5, 0.6) is 0 Å². The van der Waals surface area contributed by atoms with Crippen LogP contribution in [0.25, 0.3) is 0 Å². The molecule has 22 heavy (non-hydrogen) atoms. The molecule has 5 nitrogen and oxygen atoms in total. The molecule has 0 aromatic heterocycles. The maximum Gasteiger partial charge on any atom is 0.251 e. The van der Waals surface area contributed by atoms with Crippen LogP contribution in [-0.2, 0) is 9.84 Å². The second kappa shape index (κ2) is 4.78. The van der Waals surface area contributed by atoms with Gasteiger partial charge in [-0.2, -0.15) is 0 Å². The van der Waals surface area contributed by atoms with Crippen molar-refractivity contribution in [1.29, 1.82) is 0 Å². The molecule has 0 saturated heterocycles. The lowest BCUT2D eigenvalue weighted by molar-refractivity contribution is 0.0960. The van der Waals surface area contributed by atoms with Crippen LogP contribution in [0.4, 0.5) is 0 Å². The van der Waals surface area contributed by atoms with Crippen LogP contribution in [0.1, 0.15) is 31.8 Å². The van der Waals surface area contributed by atoms with E-state index in [0.717, 1.165) is 0 Å². The molecule has 0 saturated carbocycles. The van der Waals surface area contributed by atoms with Gasteiger partial charge < -0.3 is 5.32 Å². The maximum atomic E-state index is 12.8. The summed E-state index contributed by atoms with van der Waals surface area (Å²) in [4.78, 5) is 24.2. The van der Waals surface area contributed by atoms with E-state index in [2.05, 4.69) is 5.32 Å². The SMILES string of the molecule is CNC(=O)c1ccc2c(c1)S(=O)(=O)c1c(C)cccc1C2=O. The summed E-state index contributed by atoms with van der Waals surface area (Å²) in [5, 5.41) is 2.44. The molecule has 6 heteroatoms. The molecule has 1 N–H and O–H groups in total. The third-order valence-electron chi connectivity index (χ3n) is 3.73. The van der Waals surface area contributed by atoms with Crippen molar-refractivity contribution in [2.24, 2.45) is 0 Å². The number of carbonyl (C=O) groups excluding carboxylic acids is 2. The van der Waals surface area contributed by atoms with Crippen LogP contribution in [0, 0.1) is 6.92 Å². The molecule has 0 atom stereocenters. The van der Waals surface area contributed by atoms with Gasteiger partial charge in [0.15, 0.2) is 5.78 Å². The van der Waals surface area contributed by atoms with E-state index in [-0.39, 0.29) is 32.3 Å². The summed E-state index contributed by atoms with van der Waals surface area (Å²) in [7, 11) is -2.37. The number of hydrogen-bond acceptors (Lipinski definition) is 4. The van der Waals surface area contributed by atoms with Crippen LogP contribution in [0.15, 0.2) is 46.2 Å². The number of sulfone groups is 1. The summed E-state index contributed by atoms with van der Waals surface area (Å²) in [5.41, 5.74) is 1.00. The molecule has 1 aliphatic rings. The van der Waals surface area contributed by atoms with Crippen molar-refractivity contribution in [3.05, 3.63) is 58.7 Å². The zero-order valence-electron chi connectivity index (χ0n) is 12.0. The number of hydrogen-bond donors (Lipinski definition) is 1. The maximum absolute atomic E-state index is 12.8. The summed E-state index contributed by atoms with van der Waals surface area (Å²) >= 11 is 0. The van der Waals surface area contributed by atoms with Gasteiger partial charge in [-0.1, -0.05) is 12.1 Å². The van der Waals surface area contributed by atoms with Gasteiger partial charge in [0.1, 0.15) is 0 Å². The summed E-state index contributed by atoms with van der Waals surface area (Å²) in [6.07, 6.45) is 0. The van der Waals surface area contributed by atoms with Gasteiger partial charge in [-0.3, -0.25) is 9.59 Å². The van der Waals surface area contributed by atoms with Gasteiger partial charge in [0, 0.05) is 23.7 Å². The van der Waals surface area contributed by atoms with Gasteiger partial charge in [-0.25, -0.2) is 8.42 Å². The Morgan fingerprint density at radius 2 is 1.82 bits per heavy atom. The van der Waals surface area contributed by atoms with Crippen LogP contribution >= 0.6 is 0 Å². The first kappa shape index (κ1) is 14.5. The second-order valence-corrected chi connectivity index (χ2v) is 6.93. The molecular weight excluding hydrogens is 302 g/mol. The van der Waals surface area contributed by atoms with Crippen molar-refractivity contribution in [2.75, 3.05) is 7.05 Å². The average molecular weight is 315 g/mol. The normalized spacial score (nSPS) is 14.9. The highest BCUT2D eigenvalue weighted by atomic mass is 32.2. The summed E-state index contributed by atoms with van der Waals surface area (Å²) in [5.74, 6) is -0.743. The Morgan fingerprint density at radius 1 is 1.09 bits per heavy atom. The average Bonchev–Trinajstić information content (AvgIpc) is 2.51. The van der Waals surface area contributed by atoms with E-state index in [9.17, 15) is 18.0 Å². The molecule has 1 aliphatic heterocycles. The first-order chi connectivity index (χ1) is 10.4. The predicted octanol–water partition coefficient (Wildman–Crippen LogP) is 1.73. The van der Waals surface area contributed by atoms with E-state index in [1.165, 1.54) is 31.3 Å². The fourth-order valence-electron chi connectivity index (χ4n) is 2.66. The molecule has 2 aromatic rings. The molecular formula is C16H13NO4S. The smallest absolute Gasteiger partial charge is 0.251 e. The Kier molecular flexibility index (Phi) is 3.14. The molecule has 0 fully saturated rings. The molecule has 1 amide bonds. The lowest BCUT2D eigenvalue weighted by Crippen LogP contribution is -2.23. The summed E-state index contributed by atoms with van der Waals surface area (Å²) in [6, 6.07) is 8.92. The predicted molar refractivity (Wildman–Crippen MR) is 79.9 cm³/mol. The largest absolute Gasteiger partial charge is 0.355 e. The zero-order valence-corrected chi connectivity index (χ0v) is 12.8. The molecule has 0 spiro atoms. The molecule has 0 bridgehead atoms. The van der Waals surface area contributed by atoms with E-state index in [1.807, 2.05) is 0 Å². The Balaban J connectivity index is 2.35. The molecule has 0 unspecified atom stereocenters.